The topological polar surface area (TPSA) is 147 Å². The Bertz CT molecular complexity index is 1090. The Labute approximate surface area is 186 Å². The molecule has 1 aromatic carbocycles. The van der Waals surface area contributed by atoms with Crippen LogP contribution in [0.2, 0.25) is 0 Å². The summed E-state index contributed by atoms with van der Waals surface area (Å²) in [6.45, 7) is 1.89. The van der Waals surface area contributed by atoms with Gasteiger partial charge in [-0.25, -0.2) is 9.59 Å². The number of ether oxygens (including phenoxy) is 2. The SMILES string of the molecule is COC(=O)c1cnn(CC2(C)SC3CC(=O)N3C2C(=O)OCc2ccc([N+](=O)[O-])cc2)n1. The van der Waals surface area contributed by atoms with Crippen molar-refractivity contribution in [1.29, 1.82) is 0 Å². The molecule has 2 aromatic rings. The molecule has 4 rings (SSSR count). The Kier molecular flexibility index (Phi) is 5.59. The molecule has 32 heavy (non-hydrogen) atoms. The fraction of sp³-hybridized carbons (Fsp3) is 0.421. The lowest BCUT2D eigenvalue weighted by Gasteiger charge is -2.37. The Balaban J connectivity index is 1.49. The van der Waals surface area contributed by atoms with E-state index in [4.69, 9.17) is 4.74 Å². The smallest absolute Gasteiger partial charge is 0.360 e. The lowest BCUT2D eigenvalue weighted by atomic mass is 9.96. The second kappa shape index (κ2) is 8.22. The van der Waals surface area contributed by atoms with Crippen molar-refractivity contribution in [3.63, 3.8) is 0 Å². The van der Waals surface area contributed by atoms with Crippen LogP contribution in [-0.2, 0) is 32.2 Å². The quantitative estimate of drug-likeness (QED) is 0.254. The van der Waals surface area contributed by atoms with E-state index in [2.05, 4.69) is 14.9 Å². The number of non-ortho nitro benzene ring substituents is 1. The number of β-lactam (4-membered cyclic amide) rings is 1. The number of amides is 1. The number of nitro benzene ring substituents is 1. The largest absolute Gasteiger partial charge is 0.464 e. The maximum atomic E-state index is 13.0. The number of benzene rings is 1. The second-order valence-corrected chi connectivity index (χ2v) is 9.29. The van der Waals surface area contributed by atoms with Crippen molar-refractivity contribution in [1.82, 2.24) is 19.9 Å². The lowest BCUT2D eigenvalue weighted by molar-refractivity contribution is -0.384. The number of nitro groups is 1. The highest BCUT2D eigenvalue weighted by Crippen LogP contribution is 2.51. The molecule has 2 saturated heterocycles. The summed E-state index contributed by atoms with van der Waals surface area (Å²) < 4.78 is 9.30. The van der Waals surface area contributed by atoms with Gasteiger partial charge >= 0.3 is 11.9 Å². The van der Waals surface area contributed by atoms with E-state index in [1.165, 1.54) is 59.0 Å². The molecule has 0 spiro atoms. The number of esters is 2. The standard InChI is InChI=1S/C19H19N5O7S/c1-19(10-22-20-8-13(21-22)17(26)30-2)16(23-14(25)7-15(23)32-19)18(27)31-9-11-3-5-12(6-4-11)24(28)29/h3-6,8,15-16H,7,9-10H2,1-2H3. The number of aromatic nitrogens is 3. The molecule has 1 amide bonds. The molecule has 2 aliphatic rings. The first-order valence-electron chi connectivity index (χ1n) is 9.59. The van der Waals surface area contributed by atoms with Gasteiger partial charge in [-0.2, -0.15) is 9.90 Å². The van der Waals surface area contributed by atoms with Gasteiger partial charge in [0.1, 0.15) is 12.6 Å². The number of fused-ring (bicyclic) bond motifs is 1. The van der Waals surface area contributed by atoms with Crippen LogP contribution >= 0.6 is 11.8 Å². The van der Waals surface area contributed by atoms with Crippen molar-refractivity contribution in [3.05, 3.63) is 51.8 Å². The molecule has 13 heteroatoms. The van der Waals surface area contributed by atoms with Gasteiger partial charge in [-0.3, -0.25) is 14.9 Å². The van der Waals surface area contributed by atoms with Crippen LogP contribution in [0.1, 0.15) is 29.4 Å². The Morgan fingerprint density at radius 3 is 2.69 bits per heavy atom. The van der Waals surface area contributed by atoms with Gasteiger partial charge in [0.05, 0.1) is 41.3 Å². The molecule has 12 nitrogen and oxygen atoms in total. The van der Waals surface area contributed by atoms with Crippen molar-refractivity contribution in [3.8, 4) is 0 Å². The average molecular weight is 461 g/mol. The number of hydrogen-bond acceptors (Lipinski definition) is 10. The van der Waals surface area contributed by atoms with E-state index in [1.54, 1.807) is 0 Å². The number of nitrogens with zero attached hydrogens (tertiary/aromatic N) is 5. The zero-order valence-electron chi connectivity index (χ0n) is 17.2. The number of carbonyl (C=O) groups excluding carboxylic acids is 3. The van der Waals surface area contributed by atoms with E-state index in [-0.39, 0.29) is 35.8 Å². The first-order valence-corrected chi connectivity index (χ1v) is 10.5. The minimum Gasteiger partial charge on any atom is -0.464 e. The van der Waals surface area contributed by atoms with Gasteiger partial charge in [-0.05, 0) is 24.6 Å². The Morgan fingerprint density at radius 1 is 1.34 bits per heavy atom. The number of hydrogen-bond donors (Lipinski definition) is 0. The first kappa shape index (κ1) is 21.7. The highest BCUT2D eigenvalue weighted by Gasteiger charge is 2.61. The molecule has 0 saturated carbocycles. The minimum absolute atomic E-state index is 0.0377. The summed E-state index contributed by atoms with van der Waals surface area (Å²) in [5.74, 6) is -1.36. The first-order chi connectivity index (χ1) is 15.2. The predicted octanol–water partition coefficient (Wildman–Crippen LogP) is 1.15. The Hall–Kier alpha value is -3.48. The van der Waals surface area contributed by atoms with Crippen LogP contribution < -0.4 is 0 Å². The van der Waals surface area contributed by atoms with Crippen LogP contribution in [0, 0.1) is 10.1 Å². The van der Waals surface area contributed by atoms with E-state index >= 15 is 0 Å². The molecule has 3 unspecified atom stereocenters. The number of methoxy groups -OCH3 is 1. The van der Waals surface area contributed by atoms with Gasteiger partial charge < -0.3 is 14.4 Å². The molecule has 0 aliphatic carbocycles. The van der Waals surface area contributed by atoms with Crippen molar-refractivity contribution < 1.29 is 28.8 Å². The highest BCUT2D eigenvalue weighted by atomic mass is 32.2. The Morgan fingerprint density at radius 2 is 2.06 bits per heavy atom. The average Bonchev–Trinajstić information content (AvgIpc) is 3.31. The fourth-order valence-electron chi connectivity index (χ4n) is 3.77. The summed E-state index contributed by atoms with van der Waals surface area (Å²) in [6.07, 6.45) is 1.60. The van der Waals surface area contributed by atoms with Gasteiger partial charge in [-0.1, -0.05) is 0 Å². The molecule has 3 heterocycles. The summed E-state index contributed by atoms with van der Waals surface area (Å²) in [7, 11) is 1.24. The van der Waals surface area contributed by atoms with E-state index in [9.17, 15) is 24.5 Å². The predicted molar refractivity (Wildman–Crippen MR) is 109 cm³/mol. The molecule has 0 N–H and O–H groups in total. The van der Waals surface area contributed by atoms with Gasteiger partial charge in [0.25, 0.3) is 5.69 Å². The highest BCUT2D eigenvalue weighted by molar-refractivity contribution is 8.01. The van der Waals surface area contributed by atoms with Crippen LogP contribution in [0.25, 0.3) is 0 Å². The van der Waals surface area contributed by atoms with E-state index in [0.717, 1.165) is 0 Å². The van der Waals surface area contributed by atoms with Crippen LogP contribution in [-0.4, -0.2) is 65.9 Å². The maximum Gasteiger partial charge on any atom is 0.360 e. The number of thioether (sulfide) groups is 1. The van der Waals surface area contributed by atoms with Gasteiger partial charge in [0.15, 0.2) is 5.69 Å². The number of rotatable bonds is 7. The summed E-state index contributed by atoms with van der Waals surface area (Å²) in [5.41, 5.74) is 0.557. The minimum atomic E-state index is -0.871. The molecule has 2 fully saturated rings. The van der Waals surface area contributed by atoms with E-state index in [0.29, 0.717) is 12.0 Å². The van der Waals surface area contributed by atoms with Crippen molar-refractivity contribution in [2.24, 2.45) is 0 Å². The summed E-state index contributed by atoms with van der Waals surface area (Å²) in [4.78, 5) is 50.0. The number of carbonyl (C=O) groups is 3. The van der Waals surface area contributed by atoms with Crippen LogP contribution in [0.4, 0.5) is 5.69 Å². The van der Waals surface area contributed by atoms with Crippen LogP contribution in [0.15, 0.2) is 30.5 Å². The third-order valence-corrected chi connectivity index (χ3v) is 6.90. The molecule has 168 valence electrons. The zero-order chi connectivity index (χ0) is 23.0. The van der Waals surface area contributed by atoms with Crippen LogP contribution in [0.5, 0.6) is 0 Å². The summed E-state index contributed by atoms with van der Waals surface area (Å²) in [6, 6.07) is 4.80. The molecule has 3 atom stereocenters. The monoisotopic (exact) mass is 461 g/mol. The fourth-order valence-corrected chi connectivity index (χ4v) is 5.49. The second-order valence-electron chi connectivity index (χ2n) is 7.58. The van der Waals surface area contributed by atoms with Crippen molar-refractivity contribution in [2.75, 3.05) is 7.11 Å². The van der Waals surface area contributed by atoms with Crippen LogP contribution in [0.3, 0.4) is 0 Å². The summed E-state index contributed by atoms with van der Waals surface area (Å²) >= 11 is 1.46. The zero-order valence-corrected chi connectivity index (χ0v) is 18.0. The van der Waals surface area contributed by atoms with Crippen molar-refractivity contribution >= 4 is 35.3 Å². The maximum absolute atomic E-state index is 13.0. The molecule has 2 aliphatic heterocycles. The van der Waals surface area contributed by atoms with E-state index < -0.39 is 27.7 Å². The molecule has 1 aromatic heterocycles. The third-order valence-electron chi connectivity index (χ3n) is 5.35. The normalized spacial score (nSPS) is 23.9. The van der Waals surface area contributed by atoms with Crippen molar-refractivity contribution in [2.45, 2.75) is 42.7 Å². The molecular weight excluding hydrogens is 442 g/mol. The van der Waals surface area contributed by atoms with Gasteiger partial charge in [-0.15, -0.1) is 16.9 Å². The third kappa shape index (κ3) is 3.90. The molecule has 0 bridgehead atoms. The summed E-state index contributed by atoms with van der Waals surface area (Å²) in [5, 5.41) is 18.8. The van der Waals surface area contributed by atoms with E-state index in [1.807, 2.05) is 6.92 Å². The van der Waals surface area contributed by atoms with Gasteiger partial charge in [0, 0.05) is 12.1 Å². The molecular formula is C19H19N5O7S. The lowest BCUT2D eigenvalue weighted by Crippen LogP contribution is -2.58. The van der Waals surface area contributed by atoms with Gasteiger partial charge in [0.2, 0.25) is 5.91 Å². The molecule has 0 radical (unpaired) electrons.